The zero-order chi connectivity index (χ0) is 15.7. The second-order valence-electron chi connectivity index (χ2n) is 5.93. The monoisotopic (exact) mass is 300 g/mol. The van der Waals surface area contributed by atoms with Crippen LogP contribution in [0.4, 0.5) is 0 Å². The van der Waals surface area contributed by atoms with Gasteiger partial charge in [0.1, 0.15) is 11.4 Å². The van der Waals surface area contributed by atoms with Crippen molar-refractivity contribution in [1.82, 2.24) is 19.9 Å². The maximum atomic E-state index is 12.6. The first-order chi connectivity index (χ1) is 10.5. The summed E-state index contributed by atoms with van der Waals surface area (Å²) in [7, 11) is 0. The molecule has 6 heteroatoms. The van der Waals surface area contributed by atoms with Gasteiger partial charge in [0.25, 0.3) is 11.5 Å². The van der Waals surface area contributed by atoms with Crippen molar-refractivity contribution in [3.63, 3.8) is 0 Å². The number of likely N-dealkylation sites (tertiary alicyclic amines) is 1. The summed E-state index contributed by atoms with van der Waals surface area (Å²) in [6.07, 6.45) is 3.72. The average molecular weight is 300 g/mol. The SMILES string of the molecule is Cc1cnc([C@H]2CCCN(C(=O)c3ccc(C)[nH]c3=O)C2)[nH]1. The van der Waals surface area contributed by atoms with Crippen LogP contribution in [0.15, 0.2) is 23.1 Å². The van der Waals surface area contributed by atoms with Crippen molar-refractivity contribution in [2.24, 2.45) is 0 Å². The first-order valence-corrected chi connectivity index (χ1v) is 7.55. The lowest BCUT2D eigenvalue weighted by molar-refractivity contribution is 0.0703. The number of amides is 1. The van der Waals surface area contributed by atoms with Gasteiger partial charge < -0.3 is 14.9 Å². The van der Waals surface area contributed by atoms with E-state index in [4.69, 9.17) is 0 Å². The van der Waals surface area contributed by atoms with Gasteiger partial charge in [0.2, 0.25) is 0 Å². The summed E-state index contributed by atoms with van der Waals surface area (Å²) in [6.45, 7) is 5.04. The molecule has 0 aromatic carbocycles. The molecule has 6 nitrogen and oxygen atoms in total. The van der Waals surface area contributed by atoms with Gasteiger partial charge in [-0.1, -0.05) is 0 Å². The van der Waals surface area contributed by atoms with Crippen molar-refractivity contribution in [1.29, 1.82) is 0 Å². The lowest BCUT2D eigenvalue weighted by atomic mass is 9.97. The van der Waals surface area contributed by atoms with Crippen LogP contribution < -0.4 is 5.56 Å². The van der Waals surface area contributed by atoms with E-state index in [0.717, 1.165) is 30.1 Å². The third kappa shape index (κ3) is 2.81. The molecule has 0 radical (unpaired) electrons. The van der Waals surface area contributed by atoms with E-state index in [9.17, 15) is 9.59 Å². The summed E-state index contributed by atoms with van der Waals surface area (Å²) in [5.74, 6) is 0.929. The molecule has 1 aliphatic rings. The largest absolute Gasteiger partial charge is 0.346 e. The predicted octanol–water partition coefficient (Wildman–Crippen LogP) is 1.73. The fourth-order valence-corrected chi connectivity index (χ4v) is 2.94. The Morgan fingerprint density at radius 2 is 2.09 bits per heavy atom. The summed E-state index contributed by atoms with van der Waals surface area (Å²) in [5.41, 5.74) is 1.67. The van der Waals surface area contributed by atoms with E-state index >= 15 is 0 Å². The fourth-order valence-electron chi connectivity index (χ4n) is 2.94. The molecule has 1 amide bonds. The van der Waals surface area contributed by atoms with Crippen molar-refractivity contribution in [3.8, 4) is 0 Å². The predicted molar refractivity (Wildman–Crippen MR) is 83.0 cm³/mol. The number of rotatable bonds is 2. The van der Waals surface area contributed by atoms with Gasteiger partial charge in [-0.05, 0) is 38.8 Å². The first kappa shape index (κ1) is 14.6. The van der Waals surface area contributed by atoms with Crippen molar-refractivity contribution < 1.29 is 4.79 Å². The number of hydrogen-bond acceptors (Lipinski definition) is 3. The maximum absolute atomic E-state index is 12.6. The zero-order valence-electron chi connectivity index (χ0n) is 12.8. The lowest BCUT2D eigenvalue weighted by Gasteiger charge is -2.31. The van der Waals surface area contributed by atoms with E-state index in [2.05, 4.69) is 15.0 Å². The highest BCUT2D eigenvalue weighted by Crippen LogP contribution is 2.25. The van der Waals surface area contributed by atoms with Crippen LogP contribution in [0.5, 0.6) is 0 Å². The number of aromatic nitrogens is 3. The van der Waals surface area contributed by atoms with Crippen molar-refractivity contribution in [3.05, 3.63) is 51.5 Å². The highest BCUT2D eigenvalue weighted by atomic mass is 16.2. The topological polar surface area (TPSA) is 81.8 Å². The number of pyridine rings is 1. The molecule has 0 spiro atoms. The smallest absolute Gasteiger partial charge is 0.260 e. The highest BCUT2D eigenvalue weighted by Gasteiger charge is 2.28. The Morgan fingerprint density at radius 3 is 2.77 bits per heavy atom. The molecule has 2 N–H and O–H groups in total. The van der Waals surface area contributed by atoms with Crippen LogP contribution in [-0.4, -0.2) is 38.8 Å². The molecule has 3 heterocycles. The molecule has 1 atom stereocenters. The molecule has 1 aliphatic heterocycles. The van der Waals surface area contributed by atoms with E-state index in [1.807, 2.05) is 6.92 Å². The van der Waals surface area contributed by atoms with Gasteiger partial charge in [-0.2, -0.15) is 0 Å². The Hall–Kier alpha value is -2.37. The molecule has 22 heavy (non-hydrogen) atoms. The van der Waals surface area contributed by atoms with E-state index in [0.29, 0.717) is 13.1 Å². The molecular weight excluding hydrogens is 280 g/mol. The minimum atomic E-state index is -0.319. The minimum Gasteiger partial charge on any atom is -0.346 e. The molecule has 0 bridgehead atoms. The third-order valence-electron chi connectivity index (χ3n) is 4.10. The molecule has 2 aromatic heterocycles. The van der Waals surface area contributed by atoms with Gasteiger partial charge in [-0.25, -0.2) is 4.98 Å². The number of H-pyrrole nitrogens is 2. The van der Waals surface area contributed by atoms with Gasteiger partial charge in [0, 0.05) is 36.6 Å². The molecule has 3 rings (SSSR count). The van der Waals surface area contributed by atoms with E-state index in [1.165, 1.54) is 0 Å². The minimum absolute atomic E-state index is 0.200. The van der Waals surface area contributed by atoms with Gasteiger partial charge >= 0.3 is 0 Å². The molecule has 1 saturated heterocycles. The Balaban J connectivity index is 1.79. The van der Waals surface area contributed by atoms with Gasteiger partial charge in [0.05, 0.1) is 0 Å². The Labute approximate surface area is 128 Å². The fraction of sp³-hybridized carbons (Fsp3) is 0.438. The molecule has 0 unspecified atom stereocenters. The molecule has 116 valence electrons. The number of hydrogen-bond donors (Lipinski definition) is 2. The van der Waals surface area contributed by atoms with E-state index in [-0.39, 0.29) is 22.9 Å². The molecular formula is C16H20N4O2. The van der Waals surface area contributed by atoms with Gasteiger partial charge in [-0.15, -0.1) is 0 Å². The van der Waals surface area contributed by atoms with Crippen molar-refractivity contribution in [2.75, 3.05) is 13.1 Å². The number of nitrogens with one attached hydrogen (secondary N) is 2. The van der Waals surface area contributed by atoms with Crippen LogP contribution >= 0.6 is 0 Å². The highest BCUT2D eigenvalue weighted by molar-refractivity contribution is 5.93. The quantitative estimate of drug-likeness (QED) is 0.886. The number of aromatic amines is 2. The normalized spacial score (nSPS) is 18.5. The Bertz CT molecular complexity index is 747. The number of carbonyl (C=O) groups excluding carboxylic acids is 1. The average Bonchev–Trinajstić information content (AvgIpc) is 2.93. The van der Waals surface area contributed by atoms with Gasteiger partial charge in [0.15, 0.2) is 0 Å². The van der Waals surface area contributed by atoms with Crippen LogP contribution in [0.25, 0.3) is 0 Å². The van der Waals surface area contributed by atoms with Crippen LogP contribution in [0.2, 0.25) is 0 Å². The van der Waals surface area contributed by atoms with E-state index < -0.39 is 0 Å². The van der Waals surface area contributed by atoms with E-state index in [1.54, 1.807) is 30.2 Å². The number of imidazole rings is 1. The summed E-state index contributed by atoms with van der Waals surface area (Å²) < 4.78 is 0. The van der Waals surface area contributed by atoms with Crippen LogP contribution in [0.1, 0.15) is 46.3 Å². The summed E-state index contributed by atoms with van der Waals surface area (Å²) in [5, 5.41) is 0. The molecule has 0 aliphatic carbocycles. The van der Waals surface area contributed by atoms with Crippen LogP contribution in [0, 0.1) is 13.8 Å². The summed E-state index contributed by atoms with van der Waals surface area (Å²) >= 11 is 0. The molecule has 2 aromatic rings. The maximum Gasteiger partial charge on any atom is 0.260 e. The Kier molecular flexibility index (Phi) is 3.83. The summed E-state index contributed by atoms with van der Waals surface area (Å²) in [6, 6.07) is 3.36. The number of piperidine rings is 1. The number of nitrogens with zero attached hydrogens (tertiary/aromatic N) is 2. The Morgan fingerprint density at radius 1 is 1.27 bits per heavy atom. The standard InChI is InChI=1S/C16H20N4O2/c1-10-5-6-13(15(21)19-10)16(22)20-7-3-4-12(9-20)14-17-8-11(2)18-14/h5-6,8,12H,3-4,7,9H2,1-2H3,(H,17,18)(H,19,21)/t12-/m0/s1. The van der Waals surface area contributed by atoms with Crippen molar-refractivity contribution in [2.45, 2.75) is 32.6 Å². The van der Waals surface area contributed by atoms with Gasteiger partial charge in [-0.3, -0.25) is 9.59 Å². The second-order valence-corrected chi connectivity index (χ2v) is 5.93. The third-order valence-corrected chi connectivity index (χ3v) is 4.10. The van der Waals surface area contributed by atoms with Crippen LogP contribution in [-0.2, 0) is 0 Å². The van der Waals surface area contributed by atoms with Crippen LogP contribution in [0.3, 0.4) is 0 Å². The number of carbonyl (C=O) groups is 1. The summed E-state index contributed by atoms with van der Waals surface area (Å²) in [4.78, 5) is 36.6. The molecule has 0 saturated carbocycles. The zero-order valence-corrected chi connectivity index (χ0v) is 12.8. The molecule has 1 fully saturated rings. The van der Waals surface area contributed by atoms with Crippen molar-refractivity contribution >= 4 is 5.91 Å². The second kappa shape index (κ2) is 5.79. The first-order valence-electron chi connectivity index (χ1n) is 7.55. The number of aryl methyl sites for hydroxylation is 2. The lowest BCUT2D eigenvalue weighted by Crippen LogP contribution is -2.41.